The quantitative estimate of drug-likeness (QED) is 0.724. The highest BCUT2D eigenvalue weighted by atomic mass is 32.2. The lowest BCUT2D eigenvalue weighted by atomic mass is 9.98. The van der Waals surface area contributed by atoms with Crippen molar-refractivity contribution in [3.8, 4) is 0 Å². The highest BCUT2D eigenvalue weighted by Gasteiger charge is 2.20. The minimum atomic E-state index is -0.00756. The standard InChI is InChI=1S/C15H13NOS/c1-16-15(17)11-6-4-8-14-12(11)9-10-5-2-3-7-13(10)18-14/h2-8H,9H2,1H3,(H,16,17). The first-order chi connectivity index (χ1) is 8.79. The van der Waals surface area contributed by atoms with Crippen LogP contribution in [-0.4, -0.2) is 13.0 Å². The fraction of sp³-hybridized carbons (Fsp3) is 0.133. The Hall–Kier alpha value is -1.74. The molecule has 2 aromatic rings. The van der Waals surface area contributed by atoms with Gasteiger partial charge in [-0.1, -0.05) is 36.0 Å². The molecule has 2 nitrogen and oxygen atoms in total. The van der Waals surface area contributed by atoms with Crippen molar-refractivity contribution in [3.05, 3.63) is 59.2 Å². The van der Waals surface area contributed by atoms with Gasteiger partial charge in [0.05, 0.1) is 0 Å². The molecule has 18 heavy (non-hydrogen) atoms. The fourth-order valence-corrected chi connectivity index (χ4v) is 3.36. The van der Waals surface area contributed by atoms with Gasteiger partial charge in [0.1, 0.15) is 0 Å². The Balaban J connectivity index is 2.10. The van der Waals surface area contributed by atoms with Crippen LogP contribution in [0, 0.1) is 0 Å². The van der Waals surface area contributed by atoms with Gasteiger partial charge >= 0.3 is 0 Å². The molecular weight excluding hydrogens is 242 g/mol. The second kappa shape index (κ2) is 4.50. The van der Waals surface area contributed by atoms with Crippen molar-refractivity contribution < 1.29 is 4.79 Å². The van der Waals surface area contributed by atoms with Gasteiger partial charge in [-0.05, 0) is 29.3 Å². The molecule has 0 atom stereocenters. The molecule has 1 amide bonds. The van der Waals surface area contributed by atoms with Crippen LogP contribution in [0.15, 0.2) is 52.3 Å². The molecule has 0 fully saturated rings. The molecule has 0 spiro atoms. The third-order valence-corrected chi connectivity index (χ3v) is 4.39. The number of amides is 1. The van der Waals surface area contributed by atoms with Crippen molar-refractivity contribution in [3.63, 3.8) is 0 Å². The molecule has 0 unspecified atom stereocenters. The number of hydrogen-bond donors (Lipinski definition) is 1. The van der Waals surface area contributed by atoms with Gasteiger partial charge in [-0.2, -0.15) is 0 Å². The molecule has 0 aliphatic carbocycles. The van der Waals surface area contributed by atoms with Gasteiger partial charge in [0, 0.05) is 28.8 Å². The van der Waals surface area contributed by atoms with Gasteiger partial charge in [0.15, 0.2) is 0 Å². The predicted molar refractivity (Wildman–Crippen MR) is 73.2 cm³/mol. The maximum Gasteiger partial charge on any atom is 0.251 e. The Morgan fingerprint density at radius 2 is 1.89 bits per heavy atom. The lowest BCUT2D eigenvalue weighted by Gasteiger charge is -2.20. The van der Waals surface area contributed by atoms with Crippen molar-refractivity contribution in [1.82, 2.24) is 5.32 Å². The van der Waals surface area contributed by atoms with Gasteiger partial charge in [0.25, 0.3) is 5.91 Å². The summed E-state index contributed by atoms with van der Waals surface area (Å²) >= 11 is 1.74. The summed E-state index contributed by atoms with van der Waals surface area (Å²) < 4.78 is 0. The van der Waals surface area contributed by atoms with Crippen molar-refractivity contribution in [2.75, 3.05) is 7.05 Å². The molecule has 3 heteroatoms. The highest BCUT2D eigenvalue weighted by Crippen LogP contribution is 2.40. The van der Waals surface area contributed by atoms with E-state index in [9.17, 15) is 4.79 Å². The van der Waals surface area contributed by atoms with Gasteiger partial charge in [-0.3, -0.25) is 4.79 Å². The Kier molecular flexibility index (Phi) is 2.84. The average molecular weight is 255 g/mol. The first-order valence-corrected chi connectivity index (χ1v) is 6.71. The second-order valence-corrected chi connectivity index (χ2v) is 5.33. The van der Waals surface area contributed by atoms with E-state index in [2.05, 4.69) is 29.6 Å². The van der Waals surface area contributed by atoms with E-state index in [1.54, 1.807) is 18.8 Å². The minimum Gasteiger partial charge on any atom is -0.355 e. The van der Waals surface area contributed by atoms with E-state index in [1.165, 1.54) is 15.4 Å². The van der Waals surface area contributed by atoms with Crippen LogP contribution in [0.2, 0.25) is 0 Å². The highest BCUT2D eigenvalue weighted by molar-refractivity contribution is 7.99. The normalized spacial score (nSPS) is 12.5. The summed E-state index contributed by atoms with van der Waals surface area (Å²) in [6.45, 7) is 0. The molecule has 0 saturated heterocycles. The molecule has 1 heterocycles. The topological polar surface area (TPSA) is 29.1 Å². The van der Waals surface area contributed by atoms with Crippen LogP contribution in [0.5, 0.6) is 0 Å². The molecule has 1 aliphatic heterocycles. The van der Waals surface area contributed by atoms with Crippen LogP contribution in [0.3, 0.4) is 0 Å². The van der Waals surface area contributed by atoms with E-state index < -0.39 is 0 Å². The lowest BCUT2D eigenvalue weighted by Crippen LogP contribution is -2.20. The van der Waals surface area contributed by atoms with E-state index in [1.807, 2.05) is 18.2 Å². The maximum absolute atomic E-state index is 11.9. The Labute approximate surface area is 110 Å². The van der Waals surface area contributed by atoms with Crippen LogP contribution >= 0.6 is 11.8 Å². The number of benzene rings is 2. The third kappa shape index (κ3) is 1.81. The van der Waals surface area contributed by atoms with Gasteiger partial charge < -0.3 is 5.32 Å². The van der Waals surface area contributed by atoms with E-state index in [0.717, 1.165) is 17.5 Å². The Morgan fingerprint density at radius 1 is 1.11 bits per heavy atom. The van der Waals surface area contributed by atoms with Gasteiger partial charge in [0.2, 0.25) is 0 Å². The molecule has 0 saturated carbocycles. The van der Waals surface area contributed by atoms with Gasteiger partial charge in [-0.25, -0.2) is 0 Å². The van der Waals surface area contributed by atoms with Crippen molar-refractivity contribution >= 4 is 17.7 Å². The number of carbonyl (C=O) groups excluding carboxylic acids is 1. The number of fused-ring (bicyclic) bond motifs is 2. The van der Waals surface area contributed by atoms with Gasteiger partial charge in [-0.15, -0.1) is 0 Å². The van der Waals surface area contributed by atoms with E-state index >= 15 is 0 Å². The SMILES string of the molecule is CNC(=O)c1cccc2c1Cc1ccccc1S2. The number of hydrogen-bond acceptors (Lipinski definition) is 2. The van der Waals surface area contributed by atoms with Crippen molar-refractivity contribution in [1.29, 1.82) is 0 Å². The summed E-state index contributed by atoms with van der Waals surface area (Å²) in [5.74, 6) is -0.00756. The first-order valence-electron chi connectivity index (χ1n) is 5.89. The second-order valence-electron chi connectivity index (χ2n) is 4.25. The van der Waals surface area contributed by atoms with E-state index in [4.69, 9.17) is 0 Å². The lowest BCUT2D eigenvalue weighted by molar-refractivity contribution is 0.0962. The Bertz CT molecular complexity index is 622. The summed E-state index contributed by atoms with van der Waals surface area (Å²) in [6, 6.07) is 14.3. The zero-order valence-electron chi connectivity index (χ0n) is 10.1. The molecule has 90 valence electrons. The zero-order chi connectivity index (χ0) is 12.5. The molecule has 3 rings (SSSR count). The van der Waals surface area contributed by atoms with E-state index in [-0.39, 0.29) is 5.91 Å². The summed E-state index contributed by atoms with van der Waals surface area (Å²) in [6.07, 6.45) is 0.835. The molecule has 0 radical (unpaired) electrons. The van der Waals surface area contributed by atoms with Crippen LogP contribution < -0.4 is 5.32 Å². The molecule has 0 bridgehead atoms. The largest absolute Gasteiger partial charge is 0.355 e. The number of nitrogens with one attached hydrogen (secondary N) is 1. The number of rotatable bonds is 1. The molecule has 1 N–H and O–H groups in total. The summed E-state index contributed by atoms with van der Waals surface area (Å²) in [4.78, 5) is 14.4. The Morgan fingerprint density at radius 3 is 2.72 bits per heavy atom. The summed E-state index contributed by atoms with van der Waals surface area (Å²) in [5.41, 5.74) is 3.23. The van der Waals surface area contributed by atoms with Crippen LogP contribution in [0.4, 0.5) is 0 Å². The van der Waals surface area contributed by atoms with Crippen molar-refractivity contribution in [2.45, 2.75) is 16.2 Å². The first kappa shape index (κ1) is 11.4. The predicted octanol–water partition coefficient (Wildman–Crippen LogP) is 3.10. The van der Waals surface area contributed by atoms with Crippen LogP contribution in [0.25, 0.3) is 0 Å². The summed E-state index contributed by atoms with van der Waals surface area (Å²) in [5, 5.41) is 2.71. The third-order valence-electron chi connectivity index (χ3n) is 3.16. The number of carbonyl (C=O) groups is 1. The zero-order valence-corrected chi connectivity index (χ0v) is 10.9. The molecular formula is C15H13NOS. The van der Waals surface area contributed by atoms with Crippen LogP contribution in [-0.2, 0) is 6.42 Å². The maximum atomic E-state index is 11.9. The monoisotopic (exact) mass is 255 g/mol. The fourth-order valence-electron chi connectivity index (χ4n) is 2.25. The molecule has 1 aliphatic rings. The smallest absolute Gasteiger partial charge is 0.251 e. The van der Waals surface area contributed by atoms with E-state index in [0.29, 0.717) is 0 Å². The van der Waals surface area contributed by atoms with Crippen molar-refractivity contribution in [2.24, 2.45) is 0 Å². The summed E-state index contributed by atoms with van der Waals surface area (Å²) in [7, 11) is 1.67. The average Bonchev–Trinajstić information content (AvgIpc) is 2.43. The molecule has 2 aromatic carbocycles. The molecule has 0 aromatic heterocycles. The van der Waals surface area contributed by atoms with Crippen LogP contribution in [0.1, 0.15) is 21.5 Å². The minimum absolute atomic E-state index is 0.00756.